The SMILES string of the molecule is CCCCCCCCCCCCCCN1C(=NC(=O)c2ccc(C(=N)NCCCC(=O)OC3CCCCC3)cc2)SC(C(=O)NCCC(=O)OC(C)(C)C)C1C. The van der Waals surface area contributed by atoms with Crippen LogP contribution in [0.3, 0.4) is 0 Å². The molecule has 1 heterocycles. The lowest BCUT2D eigenvalue weighted by atomic mass is 9.98. The minimum atomic E-state index is -0.589. The molecule has 1 aliphatic heterocycles. The molecule has 11 nitrogen and oxygen atoms in total. The van der Waals surface area contributed by atoms with Gasteiger partial charge in [-0.3, -0.25) is 24.6 Å². The normalized spacial score (nSPS) is 18.2. The molecule has 1 saturated heterocycles. The lowest BCUT2D eigenvalue weighted by Gasteiger charge is -2.25. The van der Waals surface area contributed by atoms with E-state index in [1.807, 2.05) is 27.7 Å². The predicted octanol–water partition coefficient (Wildman–Crippen LogP) is 9.11. The van der Waals surface area contributed by atoms with E-state index in [1.165, 1.54) is 76.0 Å². The number of hydrogen-bond acceptors (Lipinski definition) is 8. The third kappa shape index (κ3) is 18.2. The van der Waals surface area contributed by atoms with E-state index in [2.05, 4.69) is 27.4 Å². The van der Waals surface area contributed by atoms with Crippen LogP contribution in [0.5, 0.6) is 0 Å². The fraction of sp³-hybridized carbons (Fsp3) is 0.727. The van der Waals surface area contributed by atoms with Crippen molar-refractivity contribution in [3.63, 3.8) is 0 Å². The van der Waals surface area contributed by atoms with Crippen molar-refractivity contribution < 1.29 is 28.7 Å². The Kier molecular flexibility index (Phi) is 21.6. The van der Waals surface area contributed by atoms with Gasteiger partial charge in [0, 0.05) is 43.2 Å². The number of thioether (sulfide) groups is 1. The lowest BCUT2D eigenvalue weighted by Crippen LogP contribution is -2.43. The molecule has 1 saturated carbocycles. The van der Waals surface area contributed by atoms with Crippen LogP contribution in [0.2, 0.25) is 0 Å². The van der Waals surface area contributed by atoms with Gasteiger partial charge in [-0.05, 0) is 78.4 Å². The number of benzene rings is 1. The molecule has 0 radical (unpaired) electrons. The molecule has 3 N–H and O–H groups in total. The number of nitrogens with zero attached hydrogens (tertiary/aromatic N) is 2. The number of carbonyl (C=O) groups excluding carboxylic acids is 4. The summed E-state index contributed by atoms with van der Waals surface area (Å²) in [6, 6.07) is 6.58. The van der Waals surface area contributed by atoms with Crippen molar-refractivity contribution in [1.82, 2.24) is 15.5 Å². The molecule has 12 heteroatoms. The van der Waals surface area contributed by atoms with Crippen molar-refractivity contribution >= 4 is 46.5 Å². The summed E-state index contributed by atoms with van der Waals surface area (Å²) in [5.41, 5.74) is 0.427. The van der Waals surface area contributed by atoms with E-state index in [0.717, 1.165) is 44.9 Å². The Morgan fingerprint density at radius 2 is 1.38 bits per heavy atom. The Balaban J connectivity index is 1.52. The first-order chi connectivity index (χ1) is 26.9. The number of ether oxygens (including phenoxy) is 2. The minimum absolute atomic E-state index is 0.0509. The van der Waals surface area contributed by atoms with Gasteiger partial charge in [-0.15, -0.1) is 0 Å². The van der Waals surface area contributed by atoms with E-state index in [9.17, 15) is 19.2 Å². The Morgan fingerprint density at radius 1 is 0.786 bits per heavy atom. The molecule has 0 spiro atoms. The van der Waals surface area contributed by atoms with Crippen LogP contribution in [0, 0.1) is 5.41 Å². The van der Waals surface area contributed by atoms with Gasteiger partial charge in [0.05, 0.1) is 6.42 Å². The van der Waals surface area contributed by atoms with Crippen LogP contribution in [0.1, 0.15) is 179 Å². The Labute approximate surface area is 341 Å². The summed E-state index contributed by atoms with van der Waals surface area (Å²) in [6.07, 6.45) is 21.3. The molecular weight excluding hydrogens is 727 g/mol. The quantitative estimate of drug-likeness (QED) is 0.0403. The van der Waals surface area contributed by atoms with E-state index < -0.39 is 16.8 Å². The van der Waals surface area contributed by atoms with Crippen molar-refractivity contribution in [2.75, 3.05) is 19.6 Å². The smallest absolute Gasteiger partial charge is 0.308 e. The van der Waals surface area contributed by atoms with Crippen molar-refractivity contribution in [2.24, 2.45) is 4.99 Å². The van der Waals surface area contributed by atoms with Crippen molar-refractivity contribution in [2.45, 2.75) is 186 Å². The Morgan fingerprint density at radius 3 is 1.98 bits per heavy atom. The fourth-order valence-electron chi connectivity index (χ4n) is 7.09. The second-order valence-corrected chi connectivity index (χ2v) is 17.5. The maximum absolute atomic E-state index is 13.5. The summed E-state index contributed by atoms with van der Waals surface area (Å²) >= 11 is 1.29. The van der Waals surface area contributed by atoms with Crippen LogP contribution in [-0.2, 0) is 23.9 Å². The predicted molar refractivity (Wildman–Crippen MR) is 227 cm³/mol. The number of amidine groups is 2. The first kappa shape index (κ1) is 47.0. The fourth-order valence-corrected chi connectivity index (χ4v) is 8.38. The summed E-state index contributed by atoms with van der Waals surface area (Å²) in [5, 5.41) is 14.4. The third-order valence-corrected chi connectivity index (χ3v) is 11.7. The third-order valence-electron chi connectivity index (χ3n) is 10.3. The summed E-state index contributed by atoms with van der Waals surface area (Å²) in [5.74, 6) is -0.935. The van der Waals surface area contributed by atoms with Crippen LogP contribution < -0.4 is 10.6 Å². The van der Waals surface area contributed by atoms with E-state index in [4.69, 9.17) is 14.9 Å². The summed E-state index contributed by atoms with van der Waals surface area (Å²) in [7, 11) is 0. The van der Waals surface area contributed by atoms with Crippen molar-refractivity contribution in [3.8, 4) is 0 Å². The van der Waals surface area contributed by atoms with Gasteiger partial charge in [-0.2, -0.15) is 4.99 Å². The summed E-state index contributed by atoms with van der Waals surface area (Å²) in [6.45, 7) is 11.0. The zero-order valence-electron chi connectivity index (χ0n) is 35.1. The first-order valence-corrected chi connectivity index (χ1v) is 22.4. The number of unbranched alkanes of at least 4 members (excludes halogenated alkanes) is 11. The largest absolute Gasteiger partial charge is 0.462 e. The van der Waals surface area contributed by atoms with Gasteiger partial charge < -0.3 is 25.0 Å². The van der Waals surface area contributed by atoms with Crippen molar-refractivity contribution in [1.29, 1.82) is 5.41 Å². The Bertz CT molecular complexity index is 1410. The van der Waals surface area contributed by atoms with Crippen LogP contribution in [0.4, 0.5) is 0 Å². The van der Waals surface area contributed by atoms with Crippen LogP contribution in [0.15, 0.2) is 29.3 Å². The average Bonchev–Trinajstić information content (AvgIpc) is 3.47. The summed E-state index contributed by atoms with van der Waals surface area (Å²) < 4.78 is 11.0. The lowest BCUT2D eigenvalue weighted by molar-refractivity contribution is -0.154. The van der Waals surface area contributed by atoms with E-state index in [-0.39, 0.29) is 48.8 Å². The number of hydrogen-bond donors (Lipinski definition) is 3. The second kappa shape index (κ2) is 25.8. The summed E-state index contributed by atoms with van der Waals surface area (Å²) in [4.78, 5) is 57.8. The van der Waals surface area contributed by atoms with Gasteiger partial charge in [-0.25, -0.2) is 0 Å². The van der Waals surface area contributed by atoms with Crippen LogP contribution >= 0.6 is 11.8 Å². The number of rotatable bonds is 24. The van der Waals surface area contributed by atoms with Gasteiger partial charge in [0.15, 0.2) is 5.17 Å². The van der Waals surface area contributed by atoms with E-state index in [0.29, 0.717) is 42.2 Å². The highest BCUT2D eigenvalue weighted by Crippen LogP contribution is 2.33. The first-order valence-electron chi connectivity index (χ1n) is 21.6. The molecule has 2 fully saturated rings. The molecule has 1 aromatic rings. The molecule has 2 unspecified atom stereocenters. The highest BCUT2D eigenvalue weighted by atomic mass is 32.2. The van der Waals surface area contributed by atoms with E-state index >= 15 is 0 Å². The van der Waals surface area contributed by atoms with Gasteiger partial charge in [-0.1, -0.05) is 108 Å². The van der Waals surface area contributed by atoms with E-state index in [1.54, 1.807) is 24.3 Å². The maximum Gasteiger partial charge on any atom is 0.308 e. The number of amides is 2. The molecule has 3 rings (SSSR count). The number of carbonyl (C=O) groups is 4. The number of aliphatic imine (C=N–C) groups is 1. The number of esters is 2. The number of nitrogens with one attached hydrogen (secondary N) is 3. The molecule has 2 atom stereocenters. The monoisotopic (exact) mass is 798 g/mol. The molecular formula is C44H71N5O6S. The maximum atomic E-state index is 13.5. The standard InChI is InChI=1S/C44H71N5O6S/c1-6-7-8-9-10-11-12-13-14-15-16-20-32-49-33(2)39(42(53)47-31-29-38(51)55-44(3,4)5)56-43(49)48-41(52)35-27-25-34(26-28-35)40(45)46-30-21-24-37(50)54-36-22-18-17-19-23-36/h25-28,33,36,39H,6-24,29-32H2,1-5H3,(H2,45,46)(H,47,53). The molecule has 2 aliphatic rings. The molecule has 314 valence electrons. The molecule has 1 aliphatic carbocycles. The van der Waals surface area contributed by atoms with Gasteiger partial charge >= 0.3 is 11.9 Å². The molecule has 0 aromatic heterocycles. The van der Waals surface area contributed by atoms with Crippen molar-refractivity contribution in [3.05, 3.63) is 35.4 Å². The van der Waals surface area contributed by atoms with Gasteiger partial charge in [0.25, 0.3) is 5.91 Å². The van der Waals surface area contributed by atoms with Gasteiger partial charge in [0.2, 0.25) is 5.91 Å². The molecule has 56 heavy (non-hydrogen) atoms. The second-order valence-electron chi connectivity index (χ2n) is 16.4. The molecule has 1 aromatic carbocycles. The topological polar surface area (TPSA) is 150 Å². The zero-order chi connectivity index (χ0) is 40.8. The zero-order valence-corrected chi connectivity index (χ0v) is 35.9. The van der Waals surface area contributed by atoms with Crippen LogP contribution in [-0.4, -0.2) is 82.3 Å². The highest BCUT2D eigenvalue weighted by Gasteiger charge is 2.40. The average molecular weight is 798 g/mol. The van der Waals surface area contributed by atoms with Gasteiger partial charge in [0.1, 0.15) is 22.8 Å². The molecule has 2 amide bonds. The van der Waals surface area contributed by atoms with Crippen LogP contribution in [0.25, 0.3) is 0 Å². The minimum Gasteiger partial charge on any atom is -0.462 e. The molecule has 0 bridgehead atoms. The Hall–Kier alpha value is -3.41. The highest BCUT2D eigenvalue weighted by molar-refractivity contribution is 8.15.